The predicted molar refractivity (Wildman–Crippen MR) is 96.7 cm³/mol. The molecular weight excluding hydrogens is 264 g/mol. The summed E-state index contributed by atoms with van der Waals surface area (Å²) in [5, 5.41) is 0. The molecule has 3 rings (SSSR count). The summed E-state index contributed by atoms with van der Waals surface area (Å²) >= 11 is 0. The summed E-state index contributed by atoms with van der Waals surface area (Å²) in [6.07, 6.45) is 12.2. The molecule has 0 bridgehead atoms. The van der Waals surface area contributed by atoms with Gasteiger partial charge in [0.1, 0.15) is 0 Å². The van der Waals surface area contributed by atoms with E-state index >= 15 is 0 Å². The van der Waals surface area contributed by atoms with Crippen molar-refractivity contribution in [2.75, 3.05) is 0 Å². The average Bonchev–Trinajstić information content (AvgIpc) is 2.92. The first-order chi connectivity index (χ1) is 10.5. The van der Waals surface area contributed by atoms with E-state index in [4.69, 9.17) is 0 Å². The maximum atomic E-state index is 2.62. The third-order valence-electron chi connectivity index (χ3n) is 8.18. The summed E-state index contributed by atoms with van der Waals surface area (Å²) in [7, 11) is 0. The minimum atomic E-state index is 0.991. The van der Waals surface area contributed by atoms with Crippen molar-refractivity contribution in [3.63, 3.8) is 0 Å². The van der Waals surface area contributed by atoms with Gasteiger partial charge < -0.3 is 0 Å². The van der Waals surface area contributed by atoms with Gasteiger partial charge in [0, 0.05) is 0 Å². The van der Waals surface area contributed by atoms with Crippen molar-refractivity contribution < 1.29 is 0 Å². The van der Waals surface area contributed by atoms with E-state index in [9.17, 15) is 0 Å². The van der Waals surface area contributed by atoms with E-state index in [2.05, 4.69) is 34.6 Å². The minimum Gasteiger partial charge on any atom is -0.0625 e. The first-order valence-corrected chi connectivity index (χ1v) is 10.5. The van der Waals surface area contributed by atoms with Gasteiger partial charge in [0.2, 0.25) is 0 Å². The van der Waals surface area contributed by atoms with E-state index in [1.54, 1.807) is 6.42 Å². The third-order valence-corrected chi connectivity index (χ3v) is 8.18. The summed E-state index contributed by atoms with van der Waals surface area (Å²) in [6.45, 7) is 12.7. The molecule has 0 radical (unpaired) electrons. The standard InChI is InChI=1S/C22H40/c1-14-6-8-19(9-7-14)22-17(4)12-21(18(22)5)13-20-11-15(2)10-16(20)3/h14-22H,6-13H2,1-5H3. The first kappa shape index (κ1) is 16.8. The Morgan fingerprint density at radius 1 is 0.636 bits per heavy atom. The van der Waals surface area contributed by atoms with Crippen LogP contribution in [0.4, 0.5) is 0 Å². The van der Waals surface area contributed by atoms with E-state index < -0.39 is 0 Å². The summed E-state index contributed by atoms with van der Waals surface area (Å²) in [5.41, 5.74) is 0. The molecule has 0 heteroatoms. The number of hydrogen-bond donors (Lipinski definition) is 0. The van der Waals surface area contributed by atoms with Crippen molar-refractivity contribution in [3.05, 3.63) is 0 Å². The fourth-order valence-corrected chi connectivity index (χ4v) is 6.95. The highest BCUT2D eigenvalue weighted by Crippen LogP contribution is 2.52. The molecule has 0 aromatic rings. The molecule has 7 atom stereocenters. The van der Waals surface area contributed by atoms with Gasteiger partial charge in [-0.1, -0.05) is 47.5 Å². The Hall–Kier alpha value is 0. The van der Waals surface area contributed by atoms with Crippen LogP contribution in [-0.2, 0) is 0 Å². The van der Waals surface area contributed by atoms with Gasteiger partial charge in [-0.3, -0.25) is 0 Å². The molecule has 0 aromatic heterocycles. The lowest BCUT2D eigenvalue weighted by Crippen LogP contribution is -2.27. The fourth-order valence-electron chi connectivity index (χ4n) is 6.95. The van der Waals surface area contributed by atoms with Crippen LogP contribution in [0.5, 0.6) is 0 Å². The molecule has 7 unspecified atom stereocenters. The van der Waals surface area contributed by atoms with Crippen LogP contribution in [0.2, 0.25) is 0 Å². The Balaban J connectivity index is 1.59. The lowest BCUT2D eigenvalue weighted by molar-refractivity contribution is 0.140. The number of hydrogen-bond acceptors (Lipinski definition) is 0. The van der Waals surface area contributed by atoms with Crippen LogP contribution in [0.15, 0.2) is 0 Å². The lowest BCUT2D eigenvalue weighted by Gasteiger charge is -2.36. The zero-order chi connectivity index (χ0) is 15.9. The zero-order valence-corrected chi connectivity index (χ0v) is 15.9. The monoisotopic (exact) mass is 304 g/mol. The largest absolute Gasteiger partial charge is 0.0625 e. The van der Waals surface area contributed by atoms with Crippen LogP contribution in [0.25, 0.3) is 0 Å². The summed E-state index contributed by atoms with van der Waals surface area (Å²) in [4.78, 5) is 0. The van der Waals surface area contributed by atoms with Gasteiger partial charge in [-0.05, 0) is 91.8 Å². The normalized spacial score (nSPS) is 53.0. The molecule has 0 spiro atoms. The van der Waals surface area contributed by atoms with Gasteiger partial charge in [0.05, 0.1) is 0 Å². The van der Waals surface area contributed by atoms with E-state index in [1.165, 1.54) is 44.9 Å². The molecule has 0 N–H and O–H groups in total. The van der Waals surface area contributed by atoms with Crippen LogP contribution in [0, 0.1) is 53.3 Å². The van der Waals surface area contributed by atoms with Crippen molar-refractivity contribution in [3.8, 4) is 0 Å². The molecule has 0 aliphatic heterocycles. The number of rotatable bonds is 3. The quantitative estimate of drug-likeness (QED) is 0.538. The highest BCUT2D eigenvalue weighted by atomic mass is 14.5. The maximum absolute atomic E-state index is 2.62. The second kappa shape index (κ2) is 6.86. The third kappa shape index (κ3) is 3.41. The highest BCUT2D eigenvalue weighted by molar-refractivity contribution is 4.93. The van der Waals surface area contributed by atoms with Gasteiger partial charge in [-0.25, -0.2) is 0 Å². The van der Waals surface area contributed by atoms with Crippen molar-refractivity contribution in [2.24, 2.45) is 53.3 Å². The van der Waals surface area contributed by atoms with Gasteiger partial charge in [-0.15, -0.1) is 0 Å². The Morgan fingerprint density at radius 3 is 1.91 bits per heavy atom. The van der Waals surface area contributed by atoms with Gasteiger partial charge in [0.15, 0.2) is 0 Å². The Labute approximate surface area is 139 Å². The summed E-state index contributed by atoms with van der Waals surface area (Å²) in [6, 6.07) is 0. The van der Waals surface area contributed by atoms with E-state index in [0.717, 1.165) is 53.3 Å². The van der Waals surface area contributed by atoms with Crippen LogP contribution in [0.1, 0.15) is 86.0 Å². The van der Waals surface area contributed by atoms with Gasteiger partial charge in [-0.2, -0.15) is 0 Å². The Kier molecular flexibility index (Phi) is 5.25. The maximum Gasteiger partial charge on any atom is -0.0332 e. The lowest BCUT2D eigenvalue weighted by atomic mass is 9.70. The first-order valence-electron chi connectivity index (χ1n) is 10.5. The molecule has 3 fully saturated rings. The van der Waals surface area contributed by atoms with Crippen molar-refractivity contribution in [1.29, 1.82) is 0 Å². The second-order valence-corrected chi connectivity index (χ2v) is 9.98. The van der Waals surface area contributed by atoms with Crippen LogP contribution < -0.4 is 0 Å². The predicted octanol–water partition coefficient (Wildman–Crippen LogP) is 6.79. The Morgan fingerprint density at radius 2 is 1.32 bits per heavy atom. The molecular formula is C22H40. The Bertz CT molecular complexity index is 351. The van der Waals surface area contributed by atoms with Crippen LogP contribution in [0.3, 0.4) is 0 Å². The molecule has 3 aliphatic rings. The fraction of sp³-hybridized carbons (Fsp3) is 1.00. The molecule has 22 heavy (non-hydrogen) atoms. The molecule has 3 aliphatic carbocycles. The molecule has 0 saturated heterocycles. The molecule has 0 nitrogen and oxygen atoms in total. The van der Waals surface area contributed by atoms with E-state index in [1.807, 2.05) is 0 Å². The molecule has 3 saturated carbocycles. The van der Waals surface area contributed by atoms with Crippen molar-refractivity contribution in [1.82, 2.24) is 0 Å². The zero-order valence-electron chi connectivity index (χ0n) is 15.9. The molecule has 128 valence electrons. The highest BCUT2D eigenvalue weighted by Gasteiger charge is 2.44. The molecule has 0 aromatic carbocycles. The SMILES string of the molecule is CC1CCC(C2C(C)CC(CC3CC(C)CC3C)C2C)CC1. The average molecular weight is 305 g/mol. The van der Waals surface area contributed by atoms with Crippen molar-refractivity contribution >= 4 is 0 Å². The topological polar surface area (TPSA) is 0 Å². The second-order valence-electron chi connectivity index (χ2n) is 9.98. The molecule has 0 amide bonds. The van der Waals surface area contributed by atoms with Gasteiger partial charge in [0.25, 0.3) is 0 Å². The van der Waals surface area contributed by atoms with Crippen molar-refractivity contribution in [2.45, 2.75) is 86.0 Å². The van der Waals surface area contributed by atoms with Crippen LogP contribution in [-0.4, -0.2) is 0 Å². The van der Waals surface area contributed by atoms with Gasteiger partial charge >= 0.3 is 0 Å². The summed E-state index contributed by atoms with van der Waals surface area (Å²) < 4.78 is 0. The van der Waals surface area contributed by atoms with Crippen LogP contribution >= 0.6 is 0 Å². The van der Waals surface area contributed by atoms with E-state index in [-0.39, 0.29) is 0 Å². The smallest absolute Gasteiger partial charge is 0.0332 e. The summed E-state index contributed by atoms with van der Waals surface area (Å²) in [5.74, 6) is 9.16. The van der Waals surface area contributed by atoms with E-state index in [0.29, 0.717) is 0 Å². The minimum absolute atomic E-state index is 0.991. The molecule has 0 heterocycles.